The molecule has 1 amide bonds. The Morgan fingerprint density at radius 2 is 0.587 bits per heavy atom. The summed E-state index contributed by atoms with van der Waals surface area (Å²) >= 11 is 0. The van der Waals surface area contributed by atoms with Crippen molar-refractivity contribution in [3.05, 3.63) is 12.2 Å². The van der Waals surface area contributed by atoms with Gasteiger partial charge in [0.1, 0.15) is 0 Å². The first-order valence-corrected chi connectivity index (χ1v) is 29.4. The molecule has 0 aromatic heterocycles. The van der Waals surface area contributed by atoms with Gasteiger partial charge in [-0.25, -0.2) is 0 Å². The highest BCUT2D eigenvalue weighted by atomic mass is 16.3. The normalized spacial score (nSPS) is 12.8. The van der Waals surface area contributed by atoms with Gasteiger partial charge in [0.15, 0.2) is 0 Å². The molecule has 0 aliphatic rings. The topological polar surface area (TPSA) is 69.6 Å². The largest absolute Gasteiger partial charge is 0.394 e. The number of hydrogen-bond donors (Lipinski definition) is 3. The minimum atomic E-state index is -0.836. The fourth-order valence-electron chi connectivity index (χ4n) is 9.54. The molecule has 0 spiro atoms. The highest BCUT2D eigenvalue weighted by Crippen LogP contribution is 2.18. The fourth-order valence-corrected chi connectivity index (χ4v) is 9.54. The third kappa shape index (κ3) is 52.0. The van der Waals surface area contributed by atoms with E-state index in [1.54, 1.807) is 6.08 Å². The second-order valence-corrected chi connectivity index (χ2v) is 20.4. The Kier molecular flexibility index (Phi) is 54.7. The summed E-state index contributed by atoms with van der Waals surface area (Å²) in [4.78, 5) is 12.5. The average molecular weight is 889 g/mol. The summed E-state index contributed by atoms with van der Waals surface area (Å²) < 4.78 is 0. The molecule has 0 saturated heterocycles. The molecule has 0 heterocycles. The van der Waals surface area contributed by atoms with Crippen molar-refractivity contribution in [2.45, 2.75) is 353 Å². The summed E-state index contributed by atoms with van der Waals surface area (Å²) in [5, 5.41) is 23.2. The van der Waals surface area contributed by atoms with E-state index in [0.717, 1.165) is 25.7 Å². The lowest BCUT2D eigenvalue weighted by Crippen LogP contribution is -2.45. The smallest absolute Gasteiger partial charge is 0.220 e. The zero-order chi connectivity index (χ0) is 45.6. The summed E-state index contributed by atoms with van der Waals surface area (Å²) in [6.45, 7) is 4.36. The van der Waals surface area contributed by atoms with Crippen molar-refractivity contribution in [3.63, 3.8) is 0 Å². The summed E-state index contributed by atoms with van der Waals surface area (Å²) in [7, 11) is 0. The number of aliphatic hydroxyl groups excluding tert-OH is 2. The standard InChI is InChI=1S/C59H117NO3/c1-3-5-7-9-11-13-15-17-19-21-23-25-27-28-29-30-31-33-34-36-38-40-42-44-46-48-50-52-54-58(62)57(56-61)60-59(63)55-53-51-49-47-45-43-41-39-37-35-32-26-24-22-20-18-16-14-12-10-8-6-4-2/h52,54,57-58,61-62H,3-51,53,55-56H2,1-2H3,(H,60,63)/b54-52+. The molecule has 0 aromatic carbocycles. The minimum absolute atomic E-state index is 0.0552. The highest BCUT2D eigenvalue weighted by Gasteiger charge is 2.18. The van der Waals surface area contributed by atoms with E-state index >= 15 is 0 Å². The fraction of sp³-hybridized carbons (Fsp3) is 0.949. The molecule has 3 N–H and O–H groups in total. The van der Waals surface area contributed by atoms with E-state index in [0.29, 0.717) is 6.42 Å². The maximum atomic E-state index is 12.5. The number of nitrogens with one attached hydrogen (secondary N) is 1. The quantitative estimate of drug-likeness (QED) is 0.0421. The highest BCUT2D eigenvalue weighted by molar-refractivity contribution is 5.76. The number of unbranched alkanes of at least 4 members (excludes halogenated alkanes) is 48. The second-order valence-electron chi connectivity index (χ2n) is 20.4. The molecule has 376 valence electrons. The number of carbonyl (C=O) groups excluding carboxylic acids is 1. The van der Waals surface area contributed by atoms with Gasteiger partial charge in [0.25, 0.3) is 0 Å². The van der Waals surface area contributed by atoms with Crippen LogP contribution < -0.4 is 5.32 Å². The second kappa shape index (κ2) is 55.5. The van der Waals surface area contributed by atoms with Crippen molar-refractivity contribution >= 4 is 5.91 Å². The maximum Gasteiger partial charge on any atom is 0.220 e. The van der Waals surface area contributed by atoms with Crippen LogP contribution in [0.1, 0.15) is 341 Å². The van der Waals surface area contributed by atoms with Gasteiger partial charge in [-0.15, -0.1) is 0 Å². The number of rotatable bonds is 55. The van der Waals surface area contributed by atoms with Crippen molar-refractivity contribution in [2.75, 3.05) is 6.61 Å². The minimum Gasteiger partial charge on any atom is -0.394 e. The SMILES string of the molecule is CCCCCCCCCCCCCCCCCCCCCCCCCCCC/C=C/C(O)C(CO)NC(=O)CCCCCCCCCCCCCCCCCCCCCCCCC. The van der Waals surface area contributed by atoms with E-state index in [-0.39, 0.29) is 12.5 Å². The number of aliphatic hydroxyl groups is 2. The molecule has 63 heavy (non-hydrogen) atoms. The summed E-state index contributed by atoms with van der Waals surface area (Å²) in [6.07, 6.45) is 72.5. The first-order valence-electron chi connectivity index (χ1n) is 29.4. The predicted octanol–water partition coefficient (Wildman–Crippen LogP) is 19.3. The van der Waals surface area contributed by atoms with Crippen molar-refractivity contribution in [1.82, 2.24) is 5.32 Å². The summed E-state index contributed by atoms with van der Waals surface area (Å²) in [5.74, 6) is -0.0552. The molecule has 0 fully saturated rings. The Morgan fingerprint density at radius 1 is 0.365 bits per heavy atom. The summed E-state index contributed by atoms with van der Waals surface area (Å²) in [6, 6.07) is -0.618. The lowest BCUT2D eigenvalue weighted by Gasteiger charge is -2.20. The van der Waals surface area contributed by atoms with Gasteiger partial charge >= 0.3 is 0 Å². The first kappa shape index (κ1) is 62.1. The monoisotopic (exact) mass is 888 g/mol. The van der Waals surface area contributed by atoms with E-state index in [1.807, 2.05) is 6.08 Å². The number of amides is 1. The van der Waals surface area contributed by atoms with Crippen LogP contribution in [-0.2, 0) is 4.79 Å². The van der Waals surface area contributed by atoms with E-state index in [9.17, 15) is 15.0 Å². The van der Waals surface area contributed by atoms with Crippen LogP contribution in [0.15, 0.2) is 12.2 Å². The Bertz CT molecular complexity index is 875. The first-order chi connectivity index (χ1) is 31.2. The Hall–Kier alpha value is -0.870. The van der Waals surface area contributed by atoms with Gasteiger partial charge in [-0.3, -0.25) is 4.79 Å². The molecule has 2 atom stereocenters. The zero-order valence-corrected chi connectivity index (χ0v) is 43.4. The van der Waals surface area contributed by atoms with E-state index < -0.39 is 12.1 Å². The van der Waals surface area contributed by atoms with Crippen LogP contribution in [0.5, 0.6) is 0 Å². The molecular weight excluding hydrogens is 771 g/mol. The third-order valence-corrected chi connectivity index (χ3v) is 14.0. The molecule has 0 aliphatic carbocycles. The third-order valence-electron chi connectivity index (χ3n) is 14.0. The molecular formula is C59H117NO3. The van der Waals surface area contributed by atoms with Crippen molar-refractivity contribution < 1.29 is 15.0 Å². The van der Waals surface area contributed by atoms with Crippen LogP contribution >= 0.6 is 0 Å². The van der Waals surface area contributed by atoms with E-state index in [4.69, 9.17) is 0 Å². The molecule has 2 unspecified atom stereocenters. The lowest BCUT2D eigenvalue weighted by molar-refractivity contribution is -0.123. The van der Waals surface area contributed by atoms with Crippen LogP contribution in [0.4, 0.5) is 0 Å². The van der Waals surface area contributed by atoms with Gasteiger partial charge in [0.05, 0.1) is 18.8 Å². The van der Waals surface area contributed by atoms with Crippen LogP contribution in [0, 0.1) is 0 Å². The van der Waals surface area contributed by atoms with Gasteiger partial charge in [-0.05, 0) is 19.3 Å². The van der Waals surface area contributed by atoms with Crippen LogP contribution in [0.25, 0.3) is 0 Å². The zero-order valence-electron chi connectivity index (χ0n) is 43.4. The van der Waals surface area contributed by atoms with Crippen LogP contribution in [-0.4, -0.2) is 34.9 Å². The molecule has 4 heteroatoms. The number of allylic oxidation sites excluding steroid dienone is 1. The van der Waals surface area contributed by atoms with Crippen LogP contribution in [0.2, 0.25) is 0 Å². The van der Waals surface area contributed by atoms with E-state index in [1.165, 1.54) is 295 Å². The van der Waals surface area contributed by atoms with Gasteiger partial charge in [0, 0.05) is 6.42 Å². The summed E-state index contributed by atoms with van der Waals surface area (Å²) in [5.41, 5.74) is 0. The predicted molar refractivity (Wildman–Crippen MR) is 281 cm³/mol. The Morgan fingerprint density at radius 3 is 0.825 bits per heavy atom. The Labute approximate surface area is 397 Å². The van der Waals surface area contributed by atoms with E-state index in [2.05, 4.69) is 19.2 Å². The van der Waals surface area contributed by atoms with Gasteiger partial charge in [0.2, 0.25) is 5.91 Å². The molecule has 0 radical (unpaired) electrons. The maximum absolute atomic E-state index is 12.5. The van der Waals surface area contributed by atoms with Gasteiger partial charge < -0.3 is 15.5 Å². The average Bonchev–Trinajstić information content (AvgIpc) is 3.29. The van der Waals surface area contributed by atoms with Crippen molar-refractivity contribution in [2.24, 2.45) is 0 Å². The molecule has 0 saturated carbocycles. The van der Waals surface area contributed by atoms with Crippen LogP contribution in [0.3, 0.4) is 0 Å². The van der Waals surface area contributed by atoms with Gasteiger partial charge in [-0.1, -0.05) is 328 Å². The number of hydrogen-bond acceptors (Lipinski definition) is 3. The molecule has 0 aromatic rings. The molecule has 0 rings (SSSR count). The number of carbonyl (C=O) groups is 1. The van der Waals surface area contributed by atoms with Gasteiger partial charge in [-0.2, -0.15) is 0 Å². The Balaban J connectivity index is 3.44. The molecule has 4 nitrogen and oxygen atoms in total. The van der Waals surface area contributed by atoms with Crippen molar-refractivity contribution in [1.29, 1.82) is 0 Å². The molecule has 0 bridgehead atoms. The lowest BCUT2D eigenvalue weighted by atomic mass is 10.0. The molecule has 0 aliphatic heterocycles. The van der Waals surface area contributed by atoms with Crippen molar-refractivity contribution in [3.8, 4) is 0 Å².